The van der Waals surface area contributed by atoms with Crippen molar-refractivity contribution in [2.24, 2.45) is 0 Å². The van der Waals surface area contributed by atoms with Gasteiger partial charge in [-0.1, -0.05) is 6.07 Å². The highest BCUT2D eigenvalue weighted by Gasteiger charge is 2.06. The number of rotatable bonds is 4. The van der Waals surface area contributed by atoms with Gasteiger partial charge in [-0.05, 0) is 24.1 Å². The van der Waals surface area contributed by atoms with E-state index in [1.165, 1.54) is 18.6 Å². The predicted octanol–water partition coefficient (Wildman–Crippen LogP) is 1.33. The Hall–Kier alpha value is -2.76. The number of carbonyl (C=O) groups excluding carboxylic acids is 1. The van der Waals surface area contributed by atoms with Crippen molar-refractivity contribution in [3.05, 3.63) is 54.4 Å². The highest BCUT2D eigenvalue weighted by atomic mass is 16.1. The van der Waals surface area contributed by atoms with E-state index in [0.29, 0.717) is 12.2 Å². The summed E-state index contributed by atoms with van der Waals surface area (Å²) in [5.74, 6) is -0.208. The molecule has 0 saturated carbocycles. The summed E-state index contributed by atoms with van der Waals surface area (Å²) in [6.07, 6.45) is 6.91. The number of fused-ring (bicyclic) bond motifs is 1. The molecule has 0 spiro atoms. The van der Waals surface area contributed by atoms with E-state index in [-0.39, 0.29) is 5.91 Å². The van der Waals surface area contributed by atoms with Crippen LogP contribution < -0.4 is 5.32 Å². The molecule has 0 fully saturated rings. The Labute approximate surface area is 115 Å². The fourth-order valence-corrected chi connectivity index (χ4v) is 1.97. The number of H-pyrrole nitrogens is 1. The summed E-state index contributed by atoms with van der Waals surface area (Å²) in [6.45, 7) is 0.551. The largest absolute Gasteiger partial charge is 0.350 e. The first-order valence-electron chi connectivity index (χ1n) is 6.29. The lowest BCUT2D eigenvalue weighted by Gasteiger charge is -2.04. The van der Waals surface area contributed by atoms with Gasteiger partial charge in [0.25, 0.3) is 5.91 Å². The van der Waals surface area contributed by atoms with E-state index < -0.39 is 0 Å². The Balaban J connectivity index is 1.58. The van der Waals surface area contributed by atoms with Gasteiger partial charge in [-0.25, -0.2) is 9.97 Å². The number of benzene rings is 1. The molecule has 0 unspecified atom stereocenters. The third-order valence-corrected chi connectivity index (χ3v) is 2.98. The monoisotopic (exact) mass is 267 g/mol. The summed E-state index contributed by atoms with van der Waals surface area (Å²) in [6, 6.07) is 6.01. The van der Waals surface area contributed by atoms with Gasteiger partial charge in [0.2, 0.25) is 0 Å². The summed E-state index contributed by atoms with van der Waals surface area (Å²) >= 11 is 0. The molecule has 3 aromatic rings. The van der Waals surface area contributed by atoms with E-state index >= 15 is 0 Å². The molecule has 1 amide bonds. The summed E-state index contributed by atoms with van der Waals surface area (Å²) in [5.41, 5.74) is 3.41. The van der Waals surface area contributed by atoms with Crippen molar-refractivity contribution in [1.82, 2.24) is 25.3 Å². The van der Waals surface area contributed by atoms with Crippen LogP contribution in [-0.2, 0) is 6.42 Å². The van der Waals surface area contributed by atoms with Crippen molar-refractivity contribution in [1.29, 1.82) is 0 Å². The molecule has 0 bridgehead atoms. The maximum atomic E-state index is 11.8. The Morgan fingerprint density at radius 1 is 1.25 bits per heavy atom. The molecule has 3 rings (SSSR count). The number of hydrogen-bond acceptors (Lipinski definition) is 4. The van der Waals surface area contributed by atoms with Crippen molar-refractivity contribution >= 4 is 16.9 Å². The molecule has 0 aliphatic rings. The van der Waals surface area contributed by atoms with Crippen LogP contribution in [0.25, 0.3) is 11.0 Å². The summed E-state index contributed by atoms with van der Waals surface area (Å²) in [4.78, 5) is 26.8. The molecule has 6 heteroatoms. The van der Waals surface area contributed by atoms with E-state index in [0.717, 1.165) is 23.0 Å². The minimum Gasteiger partial charge on any atom is -0.350 e. The minimum absolute atomic E-state index is 0.208. The molecular weight excluding hydrogens is 254 g/mol. The quantitative estimate of drug-likeness (QED) is 0.747. The standard InChI is InChI=1S/C14H13N5O/c20-14(13-8-15-5-6-16-13)17-4-3-10-1-2-11-12(7-10)19-9-18-11/h1-2,5-9H,3-4H2,(H,17,20)(H,18,19). The number of nitrogens with zero attached hydrogens (tertiary/aromatic N) is 3. The molecule has 0 radical (unpaired) electrons. The molecule has 2 aromatic heterocycles. The Morgan fingerprint density at radius 3 is 3.05 bits per heavy atom. The second kappa shape index (κ2) is 5.48. The summed E-state index contributed by atoms with van der Waals surface area (Å²) < 4.78 is 0. The van der Waals surface area contributed by atoms with Crippen LogP contribution in [0.5, 0.6) is 0 Å². The Bertz CT molecular complexity index is 723. The molecular formula is C14H13N5O. The highest BCUT2D eigenvalue weighted by Crippen LogP contribution is 2.11. The lowest BCUT2D eigenvalue weighted by atomic mass is 10.1. The van der Waals surface area contributed by atoms with E-state index in [1.807, 2.05) is 18.2 Å². The number of hydrogen-bond donors (Lipinski definition) is 2. The van der Waals surface area contributed by atoms with Crippen molar-refractivity contribution in [3.8, 4) is 0 Å². The van der Waals surface area contributed by atoms with Crippen LogP contribution >= 0.6 is 0 Å². The first-order chi connectivity index (χ1) is 9.83. The molecule has 0 atom stereocenters. The van der Waals surface area contributed by atoms with E-state index in [9.17, 15) is 4.79 Å². The number of nitrogens with one attached hydrogen (secondary N) is 2. The zero-order valence-electron chi connectivity index (χ0n) is 10.7. The van der Waals surface area contributed by atoms with E-state index in [1.54, 1.807) is 6.33 Å². The topological polar surface area (TPSA) is 83.6 Å². The number of aromatic nitrogens is 4. The first-order valence-corrected chi connectivity index (χ1v) is 6.29. The van der Waals surface area contributed by atoms with Gasteiger partial charge in [-0.3, -0.25) is 9.78 Å². The molecule has 2 N–H and O–H groups in total. The zero-order valence-corrected chi connectivity index (χ0v) is 10.7. The molecule has 6 nitrogen and oxygen atoms in total. The normalized spacial score (nSPS) is 10.6. The van der Waals surface area contributed by atoms with Crippen LogP contribution in [0.3, 0.4) is 0 Å². The second-order valence-corrected chi connectivity index (χ2v) is 4.35. The van der Waals surface area contributed by atoms with E-state index in [2.05, 4.69) is 25.3 Å². The fraction of sp³-hybridized carbons (Fsp3) is 0.143. The van der Waals surface area contributed by atoms with Crippen LogP contribution in [0.1, 0.15) is 16.1 Å². The summed E-state index contributed by atoms with van der Waals surface area (Å²) in [7, 11) is 0. The van der Waals surface area contributed by atoms with E-state index in [4.69, 9.17) is 0 Å². The average Bonchev–Trinajstić information content (AvgIpc) is 2.95. The lowest BCUT2D eigenvalue weighted by molar-refractivity contribution is 0.0949. The van der Waals surface area contributed by atoms with Gasteiger partial charge in [0.05, 0.1) is 23.6 Å². The second-order valence-electron chi connectivity index (χ2n) is 4.35. The number of carbonyl (C=O) groups is 1. The summed E-state index contributed by atoms with van der Waals surface area (Å²) in [5, 5.41) is 2.82. The zero-order chi connectivity index (χ0) is 13.8. The highest BCUT2D eigenvalue weighted by molar-refractivity contribution is 5.91. The maximum absolute atomic E-state index is 11.8. The van der Waals surface area contributed by atoms with Crippen LogP contribution in [0.2, 0.25) is 0 Å². The van der Waals surface area contributed by atoms with Crippen LogP contribution in [0.4, 0.5) is 0 Å². The van der Waals surface area contributed by atoms with Crippen molar-refractivity contribution in [3.63, 3.8) is 0 Å². The maximum Gasteiger partial charge on any atom is 0.271 e. The third kappa shape index (κ3) is 2.64. The number of imidazole rings is 1. The van der Waals surface area contributed by atoms with Crippen molar-refractivity contribution in [2.75, 3.05) is 6.54 Å². The van der Waals surface area contributed by atoms with Crippen molar-refractivity contribution in [2.45, 2.75) is 6.42 Å². The molecule has 0 aliphatic heterocycles. The number of amides is 1. The van der Waals surface area contributed by atoms with Gasteiger partial charge >= 0.3 is 0 Å². The lowest BCUT2D eigenvalue weighted by Crippen LogP contribution is -2.26. The molecule has 0 saturated heterocycles. The SMILES string of the molecule is O=C(NCCc1ccc2nc[nH]c2c1)c1cnccn1. The average molecular weight is 267 g/mol. The number of aromatic amines is 1. The molecule has 100 valence electrons. The fourth-order valence-electron chi connectivity index (χ4n) is 1.97. The van der Waals surface area contributed by atoms with Gasteiger partial charge in [-0.2, -0.15) is 0 Å². The molecule has 1 aromatic carbocycles. The van der Waals surface area contributed by atoms with Crippen LogP contribution in [0.15, 0.2) is 43.1 Å². The Morgan fingerprint density at radius 2 is 2.20 bits per heavy atom. The van der Waals surface area contributed by atoms with Gasteiger partial charge in [0, 0.05) is 18.9 Å². The predicted molar refractivity (Wildman–Crippen MR) is 74.2 cm³/mol. The van der Waals surface area contributed by atoms with Gasteiger partial charge in [-0.15, -0.1) is 0 Å². The Kier molecular flexibility index (Phi) is 3.36. The molecule has 2 heterocycles. The molecule has 0 aliphatic carbocycles. The van der Waals surface area contributed by atoms with Gasteiger partial charge < -0.3 is 10.3 Å². The third-order valence-electron chi connectivity index (χ3n) is 2.98. The molecule has 20 heavy (non-hydrogen) atoms. The van der Waals surface area contributed by atoms with Crippen LogP contribution in [0, 0.1) is 0 Å². The van der Waals surface area contributed by atoms with Gasteiger partial charge in [0.1, 0.15) is 5.69 Å². The minimum atomic E-state index is -0.208. The van der Waals surface area contributed by atoms with Gasteiger partial charge in [0.15, 0.2) is 0 Å². The first kappa shape index (κ1) is 12.3. The van der Waals surface area contributed by atoms with Crippen LogP contribution in [-0.4, -0.2) is 32.4 Å². The smallest absolute Gasteiger partial charge is 0.271 e. The van der Waals surface area contributed by atoms with Crippen molar-refractivity contribution < 1.29 is 4.79 Å².